The molecule has 0 rings (SSSR count). The van der Waals surface area contributed by atoms with E-state index in [-0.39, 0.29) is 5.60 Å². The molecule has 1 atom stereocenters. The topological polar surface area (TPSA) is 38.7 Å². The lowest BCUT2D eigenvalue weighted by atomic mass is 10.0. The van der Waals surface area contributed by atoms with Crippen molar-refractivity contribution in [3.63, 3.8) is 0 Å². The van der Waals surface area contributed by atoms with E-state index >= 15 is 0 Å². The maximum Gasteiger partial charge on any atom is 0.196 e. The number of aliphatic hydroxyl groups is 1. The minimum Gasteiger partial charge on any atom is -0.363 e. The van der Waals surface area contributed by atoms with Crippen LogP contribution in [0.4, 0.5) is 0 Å². The Bertz CT molecular complexity index is 174. The molecule has 0 aliphatic rings. The molecule has 3 nitrogen and oxygen atoms in total. The summed E-state index contributed by atoms with van der Waals surface area (Å²) < 4.78 is 0. The Morgan fingerprint density at radius 2 is 1.67 bits per heavy atom. The molecule has 15 heavy (non-hydrogen) atoms. The van der Waals surface area contributed by atoms with E-state index in [1.165, 1.54) is 0 Å². The molecule has 0 radical (unpaired) electrons. The van der Waals surface area contributed by atoms with Crippen LogP contribution in [0.25, 0.3) is 0 Å². The van der Waals surface area contributed by atoms with Gasteiger partial charge in [0, 0.05) is 6.42 Å². The Hall–Kier alpha value is -0.120. The molecule has 0 saturated heterocycles. The maximum absolute atomic E-state index is 9.87. The molecular weight excluding hydrogens is 192 g/mol. The molecule has 0 saturated carbocycles. The molecule has 0 amide bonds. The predicted molar refractivity (Wildman–Crippen MR) is 61.2 cm³/mol. The first-order chi connectivity index (χ1) is 6.68. The van der Waals surface area contributed by atoms with Crippen LogP contribution in [0.5, 0.6) is 0 Å². The van der Waals surface area contributed by atoms with Gasteiger partial charge in [-0.2, -0.15) is 0 Å². The van der Waals surface area contributed by atoms with Crippen molar-refractivity contribution in [3.8, 4) is 0 Å². The smallest absolute Gasteiger partial charge is 0.196 e. The Labute approximate surface area is 93.7 Å². The molecule has 0 aromatic heterocycles. The van der Waals surface area contributed by atoms with Crippen molar-refractivity contribution in [3.05, 3.63) is 0 Å². The highest BCUT2D eigenvalue weighted by molar-refractivity contribution is 4.66. The third-order valence-electron chi connectivity index (χ3n) is 2.09. The van der Waals surface area contributed by atoms with Gasteiger partial charge < -0.3 is 5.11 Å². The highest BCUT2D eigenvalue weighted by Gasteiger charge is 2.28. The molecule has 0 aliphatic carbocycles. The molecule has 0 spiro atoms. The third-order valence-corrected chi connectivity index (χ3v) is 2.09. The van der Waals surface area contributed by atoms with E-state index in [2.05, 4.69) is 6.92 Å². The van der Waals surface area contributed by atoms with Gasteiger partial charge in [-0.3, -0.25) is 0 Å². The molecule has 0 bridgehead atoms. The van der Waals surface area contributed by atoms with Crippen LogP contribution in [0, 0.1) is 5.92 Å². The SMILES string of the molecule is CCCC(C)(C)OOC(C)(O)CC(C)C. The van der Waals surface area contributed by atoms with Crippen molar-refractivity contribution in [1.82, 2.24) is 0 Å². The van der Waals surface area contributed by atoms with Gasteiger partial charge in [-0.25, -0.2) is 9.78 Å². The molecule has 0 fully saturated rings. The fraction of sp³-hybridized carbons (Fsp3) is 1.00. The molecule has 0 aromatic carbocycles. The van der Waals surface area contributed by atoms with Crippen molar-refractivity contribution >= 4 is 0 Å². The zero-order chi connectivity index (χ0) is 12.1. The standard InChI is InChI=1S/C12H26O3/c1-7-8-11(4,5)14-15-12(6,13)9-10(2)3/h10,13H,7-9H2,1-6H3. The maximum atomic E-state index is 9.87. The monoisotopic (exact) mass is 218 g/mol. The molecule has 0 heterocycles. The minimum atomic E-state index is -1.20. The van der Waals surface area contributed by atoms with Gasteiger partial charge in [-0.1, -0.05) is 27.2 Å². The summed E-state index contributed by atoms with van der Waals surface area (Å²) in [4.78, 5) is 10.4. The summed E-state index contributed by atoms with van der Waals surface area (Å²) in [5, 5.41) is 9.87. The zero-order valence-electron chi connectivity index (χ0n) is 11.0. The number of rotatable bonds is 7. The first-order valence-electron chi connectivity index (χ1n) is 5.78. The van der Waals surface area contributed by atoms with Gasteiger partial charge in [0.25, 0.3) is 0 Å². The highest BCUT2D eigenvalue weighted by atomic mass is 17.2. The molecule has 92 valence electrons. The van der Waals surface area contributed by atoms with E-state index in [0.29, 0.717) is 12.3 Å². The first-order valence-corrected chi connectivity index (χ1v) is 5.78. The fourth-order valence-electron chi connectivity index (χ4n) is 1.64. The Morgan fingerprint density at radius 1 is 1.13 bits per heavy atom. The quantitative estimate of drug-likeness (QED) is 0.405. The van der Waals surface area contributed by atoms with Crippen LogP contribution >= 0.6 is 0 Å². The van der Waals surface area contributed by atoms with Crippen LogP contribution in [0.1, 0.15) is 60.8 Å². The summed E-state index contributed by atoms with van der Waals surface area (Å²) in [7, 11) is 0. The van der Waals surface area contributed by atoms with E-state index < -0.39 is 5.79 Å². The molecular formula is C12H26O3. The van der Waals surface area contributed by atoms with Crippen molar-refractivity contribution in [2.24, 2.45) is 5.92 Å². The Balaban J connectivity index is 4.01. The van der Waals surface area contributed by atoms with Crippen LogP contribution in [0.2, 0.25) is 0 Å². The largest absolute Gasteiger partial charge is 0.363 e. The summed E-state index contributed by atoms with van der Waals surface area (Å²) in [5.41, 5.74) is -0.338. The van der Waals surface area contributed by atoms with Crippen molar-refractivity contribution in [1.29, 1.82) is 0 Å². The molecule has 0 aromatic rings. The van der Waals surface area contributed by atoms with Gasteiger partial charge in [-0.15, -0.1) is 0 Å². The van der Waals surface area contributed by atoms with Gasteiger partial charge in [0.15, 0.2) is 5.79 Å². The Morgan fingerprint density at radius 3 is 2.07 bits per heavy atom. The second-order valence-electron chi connectivity index (χ2n) is 5.45. The van der Waals surface area contributed by atoms with Crippen LogP contribution in [-0.4, -0.2) is 16.5 Å². The lowest BCUT2D eigenvalue weighted by Crippen LogP contribution is -2.35. The second-order valence-corrected chi connectivity index (χ2v) is 5.45. The summed E-state index contributed by atoms with van der Waals surface area (Å²) >= 11 is 0. The second kappa shape index (κ2) is 5.83. The van der Waals surface area contributed by atoms with Crippen LogP contribution in [0.3, 0.4) is 0 Å². The predicted octanol–water partition coefficient (Wildman–Crippen LogP) is 3.27. The van der Waals surface area contributed by atoms with Crippen LogP contribution < -0.4 is 0 Å². The average Bonchev–Trinajstić information content (AvgIpc) is 1.99. The van der Waals surface area contributed by atoms with Crippen molar-refractivity contribution < 1.29 is 14.9 Å². The van der Waals surface area contributed by atoms with Crippen molar-refractivity contribution in [2.75, 3.05) is 0 Å². The van der Waals surface area contributed by atoms with Crippen molar-refractivity contribution in [2.45, 2.75) is 72.2 Å². The summed E-state index contributed by atoms with van der Waals surface area (Å²) in [6, 6.07) is 0. The Kier molecular flexibility index (Phi) is 5.78. The van der Waals surface area contributed by atoms with E-state index in [4.69, 9.17) is 9.78 Å². The number of hydrogen-bond donors (Lipinski definition) is 1. The van der Waals surface area contributed by atoms with Gasteiger partial charge >= 0.3 is 0 Å². The molecule has 1 unspecified atom stereocenters. The summed E-state index contributed by atoms with van der Waals surface area (Å²) in [6.45, 7) is 11.7. The number of hydrogen-bond acceptors (Lipinski definition) is 3. The summed E-state index contributed by atoms with van der Waals surface area (Å²) in [5.74, 6) is -0.822. The van der Waals surface area contributed by atoms with Gasteiger partial charge in [0.2, 0.25) is 0 Å². The normalized spacial score (nSPS) is 16.8. The minimum absolute atomic E-state index is 0.338. The molecule has 3 heteroatoms. The zero-order valence-corrected chi connectivity index (χ0v) is 11.0. The van der Waals surface area contributed by atoms with E-state index in [0.717, 1.165) is 12.8 Å². The van der Waals surface area contributed by atoms with Gasteiger partial charge in [0.05, 0.1) is 5.60 Å². The first kappa shape index (κ1) is 14.9. The third kappa shape index (κ3) is 7.77. The molecule has 1 N–H and O–H groups in total. The van der Waals surface area contributed by atoms with Gasteiger partial charge in [0.1, 0.15) is 0 Å². The fourth-order valence-corrected chi connectivity index (χ4v) is 1.64. The van der Waals surface area contributed by atoms with Crippen LogP contribution in [0.15, 0.2) is 0 Å². The molecule has 0 aliphatic heterocycles. The lowest BCUT2D eigenvalue weighted by Gasteiger charge is -2.30. The van der Waals surface area contributed by atoms with E-state index in [1.807, 2.05) is 27.7 Å². The average molecular weight is 218 g/mol. The highest BCUT2D eigenvalue weighted by Crippen LogP contribution is 2.23. The van der Waals surface area contributed by atoms with Crippen LogP contribution in [-0.2, 0) is 9.78 Å². The lowest BCUT2D eigenvalue weighted by molar-refractivity contribution is -0.452. The van der Waals surface area contributed by atoms with Gasteiger partial charge in [-0.05, 0) is 33.1 Å². The van der Waals surface area contributed by atoms with E-state index in [9.17, 15) is 5.11 Å². The van der Waals surface area contributed by atoms with E-state index in [1.54, 1.807) is 6.92 Å². The summed E-state index contributed by atoms with van der Waals surface area (Å²) in [6.07, 6.45) is 2.50.